The summed E-state index contributed by atoms with van der Waals surface area (Å²) in [5.74, 6) is 1.44. The maximum absolute atomic E-state index is 9.61. The van der Waals surface area contributed by atoms with Gasteiger partial charge in [0.2, 0.25) is 0 Å². The number of aromatic nitrogens is 2. The quantitative estimate of drug-likeness (QED) is 0.816. The fourth-order valence-electron chi connectivity index (χ4n) is 3.02. The standard InChI is InChI=1S/C15H22N4S/c1-12(2)19-15(11-16)6-3-4-13(15)5-9-20-14-10-17-7-8-18-14/h7-8,10,12-13,19H,3-6,9H2,1-2H3. The molecule has 2 unspecified atom stereocenters. The van der Waals surface area contributed by atoms with Crippen LogP contribution in [0.5, 0.6) is 0 Å². The number of rotatable bonds is 6. The van der Waals surface area contributed by atoms with Crippen molar-refractivity contribution in [3.63, 3.8) is 0 Å². The molecule has 0 bridgehead atoms. The van der Waals surface area contributed by atoms with Crippen LogP contribution in [0.25, 0.3) is 0 Å². The first-order valence-electron chi connectivity index (χ1n) is 7.24. The summed E-state index contributed by atoms with van der Waals surface area (Å²) >= 11 is 1.73. The molecule has 2 rings (SSSR count). The Balaban J connectivity index is 1.89. The average Bonchev–Trinajstić information content (AvgIpc) is 2.83. The van der Waals surface area contributed by atoms with Crippen LogP contribution in [-0.4, -0.2) is 27.3 Å². The third-order valence-corrected chi connectivity index (χ3v) is 4.77. The van der Waals surface area contributed by atoms with Gasteiger partial charge in [0.25, 0.3) is 0 Å². The number of thioether (sulfide) groups is 1. The van der Waals surface area contributed by atoms with Crippen molar-refractivity contribution in [3.05, 3.63) is 18.6 Å². The Labute approximate surface area is 125 Å². The maximum atomic E-state index is 9.61. The molecule has 0 spiro atoms. The largest absolute Gasteiger partial charge is 0.297 e. The molecular weight excluding hydrogens is 268 g/mol. The molecule has 1 N–H and O–H groups in total. The molecule has 1 heterocycles. The van der Waals surface area contributed by atoms with Gasteiger partial charge in [-0.05, 0) is 44.8 Å². The minimum Gasteiger partial charge on any atom is -0.297 e. The van der Waals surface area contributed by atoms with E-state index >= 15 is 0 Å². The summed E-state index contributed by atoms with van der Waals surface area (Å²) in [7, 11) is 0. The van der Waals surface area contributed by atoms with E-state index in [1.807, 2.05) is 0 Å². The Bertz CT molecular complexity index is 457. The van der Waals surface area contributed by atoms with E-state index < -0.39 is 0 Å². The van der Waals surface area contributed by atoms with Gasteiger partial charge in [-0.3, -0.25) is 10.3 Å². The van der Waals surface area contributed by atoms with E-state index in [9.17, 15) is 5.26 Å². The van der Waals surface area contributed by atoms with Crippen LogP contribution in [0.2, 0.25) is 0 Å². The molecule has 1 aliphatic rings. The van der Waals surface area contributed by atoms with Gasteiger partial charge in [-0.1, -0.05) is 6.42 Å². The Morgan fingerprint density at radius 2 is 2.40 bits per heavy atom. The highest BCUT2D eigenvalue weighted by molar-refractivity contribution is 7.99. The molecule has 0 amide bonds. The molecule has 0 aromatic carbocycles. The summed E-state index contributed by atoms with van der Waals surface area (Å²) in [6.07, 6.45) is 9.52. The Morgan fingerprint density at radius 1 is 1.55 bits per heavy atom. The Kier molecular flexibility index (Phi) is 5.38. The molecule has 0 saturated heterocycles. The number of hydrogen-bond donors (Lipinski definition) is 1. The summed E-state index contributed by atoms with van der Waals surface area (Å²) in [5, 5.41) is 14.1. The molecule has 108 valence electrons. The van der Waals surface area contributed by atoms with E-state index in [1.165, 1.54) is 0 Å². The lowest BCUT2D eigenvalue weighted by Gasteiger charge is -2.32. The maximum Gasteiger partial charge on any atom is 0.114 e. The summed E-state index contributed by atoms with van der Waals surface area (Å²) in [4.78, 5) is 8.34. The molecule has 1 fully saturated rings. The highest BCUT2D eigenvalue weighted by atomic mass is 32.2. The summed E-state index contributed by atoms with van der Waals surface area (Å²) in [5.41, 5.74) is -0.322. The van der Waals surface area contributed by atoms with Gasteiger partial charge in [-0.2, -0.15) is 5.26 Å². The number of nitrogens with zero attached hydrogens (tertiary/aromatic N) is 3. The molecule has 1 aliphatic carbocycles. The third kappa shape index (κ3) is 3.71. The molecule has 5 heteroatoms. The van der Waals surface area contributed by atoms with Gasteiger partial charge in [0.15, 0.2) is 0 Å². The van der Waals surface area contributed by atoms with Crippen LogP contribution in [0, 0.1) is 17.2 Å². The van der Waals surface area contributed by atoms with Crippen molar-refractivity contribution in [2.24, 2.45) is 5.92 Å². The lowest BCUT2D eigenvalue weighted by molar-refractivity contribution is 0.289. The van der Waals surface area contributed by atoms with E-state index in [-0.39, 0.29) is 5.54 Å². The minimum absolute atomic E-state index is 0.322. The van der Waals surface area contributed by atoms with Gasteiger partial charge in [0.05, 0.1) is 12.3 Å². The van der Waals surface area contributed by atoms with Crippen molar-refractivity contribution in [3.8, 4) is 6.07 Å². The first-order valence-corrected chi connectivity index (χ1v) is 8.22. The predicted octanol–water partition coefficient (Wildman–Crippen LogP) is 3.02. The lowest BCUT2D eigenvalue weighted by atomic mass is 9.86. The van der Waals surface area contributed by atoms with Gasteiger partial charge in [-0.15, -0.1) is 11.8 Å². The molecule has 20 heavy (non-hydrogen) atoms. The van der Waals surface area contributed by atoms with Crippen molar-refractivity contribution in [1.29, 1.82) is 5.26 Å². The number of hydrogen-bond acceptors (Lipinski definition) is 5. The van der Waals surface area contributed by atoms with Crippen molar-refractivity contribution in [2.75, 3.05) is 5.75 Å². The Hall–Kier alpha value is -1.12. The summed E-state index contributed by atoms with van der Waals surface area (Å²) in [6.45, 7) is 4.23. The monoisotopic (exact) mass is 290 g/mol. The summed E-state index contributed by atoms with van der Waals surface area (Å²) < 4.78 is 0. The minimum atomic E-state index is -0.322. The second kappa shape index (κ2) is 7.05. The topological polar surface area (TPSA) is 61.6 Å². The molecule has 2 atom stereocenters. The van der Waals surface area contributed by atoms with Crippen LogP contribution >= 0.6 is 11.8 Å². The van der Waals surface area contributed by atoms with Crippen LogP contribution in [-0.2, 0) is 0 Å². The zero-order valence-corrected chi connectivity index (χ0v) is 13.0. The van der Waals surface area contributed by atoms with Crippen molar-refractivity contribution >= 4 is 11.8 Å². The molecule has 1 aromatic heterocycles. The van der Waals surface area contributed by atoms with E-state index in [4.69, 9.17) is 0 Å². The Morgan fingerprint density at radius 3 is 3.05 bits per heavy atom. The highest BCUT2D eigenvalue weighted by Crippen LogP contribution is 2.39. The lowest BCUT2D eigenvalue weighted by Crippen LogP contribution is -2.50. The van der Waals surface area contributed by atoms with Crippen LogP contribution in [0.15, 0.2) is 23.6 Å². The smallest absolute Gasteiger partial charge is 0.114 e. The van der Waals surface area contributed by atoms with Crippen LogP contribution in [0.3, 0.4) is 0 Å². The molecular formula is C15H22N4S. The van der Waals surface area contributed by atoms with Crippen molar-refractivity contribution < 1.29 is 0 Å². The van der Waals surface area contributed by atoms with Gasteiger partial charge in [0, 0.05) is 18.4 Å². The first kappa shape index (κ1) is 15.3. The molecule has 1 aromatic rings. The summed E-state index contributed by atoms with van der Waals surface area (Å²) in [6, 6.07) is 2.91. The van der Waals surface area contributed by atoms with E-state index in [0.29, 0.717) is 12.0 Å². The predicted molar refractivity (Wildman–Crippen MR) is 81.3 cm³/mol. The van der Waals surface area contributed by atoms with Gasteiger partial charge in [0.1, 0.15) is 10.6 Å². The molecule has 0 aliphatic heterocycles. The SMILES string of the molecule is CC(C)NC1(C#N)CCCC1CCSc1cnccn1. The van der Waals surface area contributed by atoms with Crippen molar-refractivity contribution in [1.82, 2.24) is 15.3 Å². The van der Waals surface area contributed by atoms with Crippen LogP contribution in [0.1, 0.15) is 39.5 Å². The van der Waals surface area contributed by atoms with Gasteiger partial charge < -0.3 is 0 Å². The zero-order valence-electron chi connectivity index (χ0n) is 12.2. The van der Waals surface area contributed by atoms with Crippen LogP contribution < -0.4 is 5.32 Å². The van der Waals surface area contributed by atoms with Gasteiger partial charge >= 0.3 is 0 Å². The van der Waals surface area contributed by atoms with Crippen LogP contribution in [0.4, 0.5) is 0 Å². The highest BCUT2D eigenvalue weighted by Gasteiger charge is 2.42. The second-order valence-corrected chi connectivity index (χ2v) is 6.77. The fourth-order valence-corrected chi connectivity index (χ4v) is 3.90. The molecule has 0 radical (unpaired) electrons. The zero-order chi connectivity index (χ0) is 14.4. The molecule has 1 saturated carbocycles. The third-order valence-electron chi connectivity index (χ3n) is 3.82. The van der Waals surface area contributed by atoms with Gasteiger partial charge in [-0.25, -0.2) is 4.98 Å². The molecule has 4 nitrogen and oxygen atoms in total. The van der Waals surface area contributed by atoms with E-state index in [1.54, 1.807) is 30.4 Å². The van der Waals surface area contributed by atoms with Crippen molar-refractivity contribution in [2.45, 2.75) is 56.1 Å². The normalized spacial score (nSPS) is 25.8. The van der Waals surface area contributed by atoms with E-state index in [2.05, 4.69) is 35.2 Å². The second-order valence-electron chi connectivity index (χ2n) is 5.65. The average molecular weight is 290 g/mol. The fraction of sp³-hybridized carbons (Fsp3) is 0.667. The number of nitrogens with one attached hydrogen (secondary N) is 1. The number of nitriles is 1. The van der Waals surface area contributed by atoms with E-state index in [0.717, 1.165) is 36.5 Å². The first-order chi connectivity index (χ1) is 9.66.